The number of carbonyl (C=O) groups excluding carboxylic acids is 1. The zero-order valence-corrected chi connectivity index (χ0v) is 13.9. The molecule has 0 fully saturated rings. The lowest BCUT2D eigenvalue weighted by Crippen LogP contribution is -2.42. The Morgan fingerprint density at radius 3 is 2.20 bits per heavy atom. The highest BCUT2D eigenvalue weighted by atomic mass is 35.5. The molecule has 3 heteroatoms. The van der Waals surface area contributed by atoms with Crippen LogP contribution in [0, 0.1) is 5.41 Å². The minimum atomic E-state index is -0.542. The maximum absolute atomic E-state index is 12.4. The van der Waals surface area contributed by atoms with Gasteiger partial charge in [0.25, 0.3) is 0 Å². The van der Waals surface area contributed by atoms with E-state index in [9.17, 15) is 4.79 Å². The molecule has 0 aromatic heterocycles. The highest BCUT2D eigenvalue weighted by molar-refractivity contribution is 6.20. The van der Waals surface area contributed by atoms with Gasteiger partial charge in [-0.25, -0.2) is 0 Å². The summed E-state index contributed by atoms with van der Waals surface area (Å²) in [6, 6.07) is 9.82. The second-order valence-electron chi connectivity index (χ2n) is 7.06. The van der Waals surface area contributed by atoms with Crippen LogP contribution in [0.25, 0.3) is 0 Å². The average Bonchev–Trinajstić information content (AvgIpc) is 2.35. The highest BCUT2D eigenvalue weighted by Gasteiger charge is 2.30. The lowest BCUT2D eigenvalue weighted by Gasteiger charge is -2.26. The molecule has 1 N–H and O–H groups in total. The summed E-state index contributed by atoms with van der Waals surface area (Å²) in [5, 5.41) is 2.94. The molecule has 0 bridgehead atoms. The maximum atomic E-state index is 12.4. The minimum absolute atomic E-state index is 0.0169. The molecule has 112 valence electrons. The Hall–Kier alpha value is -1.02. The van der Waals surface area contributed by atoms with E-state index in [1.807, 2.05) is 44.2 Å². The Balaban J connectivity index is 2.59. The number of hydrogen-bond donors (Lipinski definition) is 1. The van der Waals surface area contributed by atoms with Gasteiger partial charge in [0.1, 0.15) is 0 Å². The van der Waals surface area contributed by atoms with E-state index in [0.29, 0.717) is 6.54 Å². The molecule has 20 heavy (non-hydrogen) atoms. The van der Waals surface area contributed by atoms with Crippen LogP contribution in [-0.2, 0) is 10.2 Å². The predicted molar refractivity (Wildman–Crippen MR) is 86.2 cm³/mol. The van der Waals surface area contributed by atoms with Crippen molar-refractivity contribution in [2.75, 3.05) is 6.54 Å². The Morgan fingerprint density at radius 2 is 1.70 bits per heavy atom. The Bertz CT molecular complexity index is 434. The molecule has 1 aromatic carbocycles. The van der Waals surface area contributed by atoms with Crippen LogP contribution >= 0.6 is 11.6 Å². The van der Waals surface area contributed by atoms with E-state index >= 15 is 0 Å². The number of nitrogens with one attached hydrogen (secondary N) is 1. The van der Waals surface area contributed by atoms with E-state index in [1.54, 1.807) is 0 Å². The maximum Gasteiger partial charge on any atom is 0.230 e. The third-order valence-electron chi connectivity index (χ3n) is 3.38. The number of benzene rings is 1. The molecule has 0 spiro atoms. The Labute approximate surface area is 127 Å². The number of halogens is 1. The molecule has 0 saturated carbocycles. The van der Waals surface area contributed by atoms with Crippen molar-refractivity contribution in [2.24, 2.45) is 5.41 Å². The van der Waals surface area contributed by atoms with Gasteiger partial charge < -0.3 is 5.32 Å². The van der Waals surface area contributed by atoms with E-state index in [4.69, 9.17) is 11.6 Å². The SMILES string of the molecule is CC(C)(C)CC(Cl)CNC(=O)C(C)(C)c1ccccc1. The predicted octanol–water partition coefficient (Wildman–Crippen LogP) is 4.12. The fourth-order valence-electron chi connectivity index (χ4n) is 2.15. The molecule has 1 rings (SSSR count). The number of amides is 1. The first-order chi connectivity index (χ1) is 9.13. The van der Waals surface area contributed by atoms with Crippen LogP contribution in [0.4, 0.5) is 0 Å². The van der Waals surface area contributed by atoms with Crippen LogP contribution in [-0.4, -0.2) is 17.8 Å². The number of rotatable bonds is 5. The van der Waals surface area contributed by atoms with Crippen molar-refractivity contribution in [1.29, 1.82) is 0 Å². The number of carbonyl (C=O) groups is 1. The standard InChI is InChI=1S/C17H26ClNO/c1-16(2,3)11-14(18)12-19-15(20)17(4,5)13-9-7-6-8-10-13/h6-10,14H,11-12H2,1-5H3,(H,19,20). The van der Waals surface area contributed by atoms with Gasteiger partial charge in [0.15, 0.2) is 0 Å². The number of hydrogen-bond acceptors (Lipinski definition) is 1. The van der Waals surface area contributed by atoms with Crippen LogP contribution in [0.5, 0.6) is 0 Å². The summed E-state index contributed by atoms with van der Waals surface area (Å²) < 4.78 is 0. The molecular weight excluding hydrogens is 270 g/mol. The van der Waals surface area contributed by atoms with Gasteiger partial charge in [-0.05, 0) is 31.2 Å². The summed E-state index contributed by atoms with van der Waals surface area (Å²) in [5.41, 5.74) is 0.644. The molecule has 0 aliphatic rings. The first-order valence-corrected chi connectivity index (χ1v) is 7.54. The fourth-order valence-corrected chi connectivity index (χ4v) is 2.69. The van der Waals surface area contributed by atoms with E-state index in [2.05, 4.69) is 26.1 Å². The molecule has 0 aliphatic carbocycles. The van der Waals surface area contributed by atoms with Gasteiger partial charge in [-0.15, -0.1) is 11.6 Å². The van der Waals surface area contributed by atoms with Crippen LogP contribution < -0.4 is 5.32 Å². The summed E-state index contributed by atoms with van der Waals surface area (Å²) in [5.74, 6) is 0.0169. The molecule has 1 amide bonds. The normalized spacial score (nSPS) is 13.9. The van der Waals surface area contributed by atoms with Crippen molar-refractivity contribution in [2.45, 2.75) is 51.8 Å². The van der Waals surface area contributed by atoms with Crippen molar-refractivity contribution >= 4 is 17.5 Å². The molecule has 0 radical (unpaired) electrons. The summed E-state index contributed by atoms with van der Waals surface area (Å²) >= 11 is 6.29. The van der Waals surface area contributed by atoms with Crippen LogP contribution in [0.15, 0.2) is 30.3 Å². The Kier molecular flexibility index (Phi) is 5.64. The molecule has 1 aromatic rings. The van der Waals surface area contributed by atoms with E-state index in [-0.39, 0.29) is 16.7 Å². The third-order valence-corrected chi connectivity index (χ3v) is 3.69. The smallest absolute Gasteiger partial charge is 0.230 e. The van der Waals surface area contributed by atoms with Crippen molar-refractivity contribution < 1.29 is 4.79 Å². The van der Waals surface area contributed by atoms with Gasteiger partial charge in [-0.1, -0.05) is 51.1 Å². The van der Waals surface area contributed by atoms with Crippen molar-refractivity contribution in [1.82, 2.24) is 5.32 Å². The zero-order chi connectivity index (χ0) is 15.4. The van der Waals surface area contributed by atoms with Gasteiger partial charge in [-0.2, -0.15) is 0 Å². The quantitative estimate of drug-likeness (QED) is 0.813. The van der Waals surface area contributed by atoms with Gasteiger partial charge in [-0.3, -0.25) is 4.79 Å². The lowest BCUT2D eigenvalue weighted by atomic mass is 9.83. The second-order valence-corrected chi connectivity index (χ2v) is 7.68. The third kappa shape index (κ3) is 5.16. The molecule has 0 saturated heterocycles. The van der Waals surface area contributed by atoms with Crippen LogP contribution in [0.2, 0.25) is 0 Å². The van der Waals surface area contributed by atoms with E-state index in [1.165, 1.54) is 0 Å². The number of alkyl halides is 1. The van der Waals surface area contributed by atoms with Crippen LogP contribution in [0.3, 0.4) is 0 Å². The summed E-state index contributed by atoms with van der Waals surface area (Å²) in [6.45, 7) is 10.8. The second kappa shape index (κ2) is 6.62. The molecule has 2 nitrogen and oxygen atoms in total. The highest BCUT2D eigenvalue weighted by Crippen LogP contribution is 2.25. The van der Waals surface area contributed by atoms with Gasteiger partial charge in [0.2, 0.25) is 5.91 Å². The topological polar surface area (TPSA) is 29.1 Å². The van der Waals surface area contributed by atoms with Crippen molar-refractivity contribution in [3.63, 3.8) is 0 Å². The van der Waals surface area contributed by atoms with Gasteiger partial charge in [0.05, 0.1) is 10.8 Å². The zero-order valence-electron chi connectivity index (χ0n) is 13.2. The molecule has 0 aliphatic heterocycles. The van der Waals surface area contributed by atoms with Gasteiger partial charge in [0, 0.05) is 6.54 Å². The van der Waals surface area contributed by atoms with Crippen molar-refractivity contribution in [3.8, 4) is 0 Å². The monoisotopic (exact) mass is 295 g/mol. The lowest BCUT2D eigenvalue weighted by molar-refractivity contribution is -0.125. The summed E-state index contributed by atoms with van der Waals surface area (Å²) in [4.78, 5) is 12.4. The van der Waals surface area contributed by atoms with Crippen LogP contribution in [0.1, 0.15) is 46.6 Å². The first-order valence-electron chi connectivity index (χ1n) is 7.11. The fraction of sp³-hybridized carbons (Fsp3) is 0.588. The van der Waals surface area contributed by atoms with E-state index < -0.39 is 5.41 Å². The average molecular weight is 296 g/mol. The molecular formula is C17H26ClNO. The van der Waals surface area contributed by atoms with Gasteiger partial charge >= 0.3 is 0 Å². The summed E-state index contributed by atoms with van der Waals surface area (Å²) in [6.07, 6.45) is 0.876. The Morgan fingerprint density at radius 1 is 1.15 bits per heavy atom. The summed E-state index contributed by atoms with van der Waals surface area (Å²) in [7, 11) is 0. The van der Waals surface area contributed by atoms with Crippen molar-refractivity contribution in [3.05, 3.63) is 35.9 Å². The molecule has 1 atom stereocenters. The first kappa shape index (κ1) is 17.0. The largest absolute Gasteiger partial charge is 0.354 e. The van der Waals surface area contributed by atoms with E-state index in [0.717, 1.165) is 12.0 Å². The molecule has 0 heterocycles. The minimum Gasteiger partial charge on any atom is -0.354 e. The molecule has 1 unspecified atom stereocenters.